The van der Waals surface area contributed by atoms with Crippen LogP contribution in [-0.4, -0.2) is 43.5 Å². The van der Waals surface area contributed by atoms with Crippen LogP contribution in [0.2, 0.25) is 0 Å². The highest BCUT2D eigenvalue weighted by Gasteiger charge is 2.21. The quantitative estimate of drug-likeness (QED) is 0.765. The van der Waals surface area contributed by atoms with Crippen molar-refractivity contribution in [1.29, 1.82) is 0 Å². The summed E-state index contributed by atoms with van der Waals surface area (Å²) in [5.41, 5.74) is 9.01. The predicted octanol–water partition coefficient (Wildman–Crippen LogP) is 1.06. The second-order valence-electron chi connectivity index (χ2n) is 5.86. The number of nitrogens with zero attached hydrogens (tertiary/aromatic N) is 6. The van der Waals surface area contributed by atoms with Crippen molar-refractivity contribution >= 4 is 11.3 Å². The predicted molar refractivity (Wildman–Crippen MR) is 84.6 cm³/mol. The van der Waals surface area contributed by atoms with E-state index in [-0.39, 0.29) is 6.04 Å². The Morgan fingerprint density at radius 2 is 2.18 bits per heavy atom. The van der Waals surface area contributed by atoms with Crippen LogP contribution in [0.3, 0.4) is 0 Å². The Hall–Kier alpha value is -2.41. The van der Waals surface area contributed by atoms with Crippen molar-refractivity contribution in [1.82, 2.24) is 24.4 Å². The molecule has 0 amide bonds. The van der Waals surface area contributed by atoms with Crippen LogP contribution in [0.25, 0.3) is 16.8 Å². The maximum atomic E-state index is 6.13. The molecule has 2 N–H and O–H groups in total. The molecule has 7 heteroatoms. The number of anilines is 1. The monoisotopic (exact) mass is 297 g/mol. The lowest BCUT2D eigenvalue weighted by molar-refractivity contribution is 0.503. The standard InChI is InChI=1S/C15H19N7/c1-20-8-11(7-18-20)13-10-22-14(4-5-17-22)15(19-13)21-6-2-3-12(16)9-21/h4-5,7-8,10,12H,2-3,6,9,16H2,1H3. The minimum atomic E-state index is 0.209. The summed E-state index contributed by atoms with van der Waals surface area (Å²) in [6, 6.07) is 2.20. The molecule has 1 atom stereocenters. The molecule has 1 unspecified atom stereocenters. The first-order valence-electron chi connectivity index (χ1n) is 7.54. The normalized spacial score (nSPS) is 19.0. The van der Waals surface area contributed by atoms with Crippen LogP contribution in [0, 0.1) is 0 Å². The van der Waals surface area contributed by atoms with Gasteiger partial charge in [0.15, 0.2) is 5.82 Å². The van der Waals surface area contributed by atoms with Gasteiger partial charge in [0.05, 0.1) is 24.3 Å². The van der Waals surface area contributed by atoms with Crippen LogP contribution < -0.4 is 10.6 Å². The van der Waals surface area contributed by atoms with E-state index in [1.54, 1.807) is 10.9 Å². The van der Waals surface area contributed by atoms with Crippen molar-refractivity contribution in [3.8, 4) is 11.3 Å². The third-order valence-corrected chi connectivity index (χ3v) is 4.13. The first-order chi connectivity index (χ1) is 10.7. The second-order valence-corrected chi connectivity index (χ2v) is 5.86. The molecule has 7 nitrogen and oxygen atoms in total. The number of nitrogens with two attached hydrogens (primary N) is 1. The lowest BCUT2D eigenvalue weighted by Crippen LogP contribution is -2.43. The maximum Gasteiger partial charge on any atom is 0.155 e. The summed E-state index contributed by atoms with van der Waals surface area (Å²) in [5.74, 6) is 0.953. The van der Waals surface area contributed by atoms with Gasteiger partial charge >= 0.3 is 0 Å². The SMILES string of the molecule is Cn1cc(-c2cn3nccc3c(N3CCCC(N)C3)n2)cn1. The Balaban J connectivity index is 1.83. The van der Waals surface area contributed by atoms with Gasteiger partial charge in [0.25, 0.3) is 0 Å². The van der Waals surface area contributed by atoms with Gasteiger partial charge in [-0.15, -0.1) is 0 Å². The third-order valence-electron chi connectivity index (χ3n) is 4.13. The summed E-state index contributed by atoms with van der Waals surface area (Å²) in [5, 5.41) is 8.61. The Bertz CT molecular complexity index is 803. The fourth-order valence-corrected chi connectivity index (χ4v) is 3.04. The Morgan fingerprint density at radius 3 is 2.95 bits per heavy atom. The molecule has 1 aliphatic heterocycles. The molecule has 0 radical (unpaired) electrons. The molecule has 3 aromatic rings. The van der Waals surface area contributed by atoms with Gasteiger partial charge in [-0.25, -0.2) is 9.50 Å². The summed E-state index contributed by atoms with van der Waals surface area (Å²) in [6.07, 6.45) is 9.71. The van der Waals surface area contributed by atoms with Gasteiger partial charge in [0, 0.05) is 37.9 Å². The van der Waals surface area contributed by atoms with Crippen LogP contribution in [0.5, 0.6) is 0 Å². The van der Waals surface area contributed by atoms with Gasteiger partial charge in [-0.2, -0.15) is 10.2 Å². The maximum absolute atomic E-state index is 6.13. The number of piperidine rings is 1. The zero-order valence-corrected chi connectivity index (χ0v) is 12.6. The lowest BCUT2D eigenvalue weighted by Gasteiger charge is -2.32. The summed E-state index contributed by atoms with van der Waals surface area (Å²) in [6.45, 7) is 1.82. The van der Waals surface area contributed by atoms with E-state index >= 15 is 0 Å². The van der Waals surface area contributed by atoms with E-state index in [9.17, 15) is 0 Å². The van der Waals surface area contributed by atoms with Crippen LogP contribution in [0.1, 0.15) is 12.8 Å². The van der Waals surface area contributed by atoms with E-state index in [0.717, 1.165) is 48.5 Å². The Labute approximate surface area is 128 Å². The van der Waals surface area contributed by atoms with E-state index in [1.165, 1.54) is 0 Å². The Morgan fingerprint density at radius 1 is 1.27 bits per heavy atom. The van der Waals surface area contributed by atoms with Crippen LogP contribution >= 0.6 is 0 Å². The topological polar surface area (TPSA) is 77.3 Å². The smallest absolute Gasteiger partial charge is 0.155 e. The molecule has 0 spiro atoms. The summed E-state index contributed by atoms with van der Waals surface area (Å²) in [4.78, 5) is 7.14. The van der Waals surface area contributed by atoms with E-state index in [0.29, 0.717) is 0 Å². The van der Waals surface area contributed by atoms with Crippen LogP contribution in [0.4, 0.5) is 5.82 Å². The van der Waals surface area contributed by atoms with Gasteiger partial charge in [0.1, 0.15) is 5.52 Å². The molecule has 0 bridgehead atoms. The molecule has 0 aliphatic carbocycles. The molecule has 1 fully saturated rings. The number of aromatic nitrogens is 5. The highest BCUT2D eigenvalue weighted by Crippen LogP contribution is 2.26. The minimum Gasteiger partial charge on any atom is -0.353 e. The molecule has 4 rings (SSSR count). The lowest BCUT2D eigenvalue weighted by atomic mass is 10.1. The number of hydrogen-bond donors (Lipinski definition) is 1. The highest BCUT2D eigenvalue weighted by molar-refractivity contribution is 5.72. The van der Waals surface area contributed by atoms with E-state index in [2.05, 4.69) is 15.1 Å². The molecular formula is C15H19N7. The molecule has 0 aromatic carbocycles. The van der Waals surface area contributed by atoms with Crippen molar-refractivity contribution in [2.45, 2.75) is 18.9 Å². The molecule has 1 aliphatic rings. The van der Waals surface area contributed by atoms with Crippen molar-refractivity contribution in [3.05, 3.63) is 30.9 Å². The fraction of sp³-hybridized carbons (Fsp3) is 0.400. The Kier molecular flexibility index (Phi) is 3.07. The van der Waals surface area contributed by atoms with Gasteiger partial charge in [0.2, 0.25) is 0 Å². The summed E-state index contributed by atoms with van der Waals surface area (Å²) in [7, 11) is 1.90. The van der Waals surface area contributed by atoms with Crippen molar-refractivity contribution in [3.63, 3.8) is 0 Å². The number of rotatable bonds is 2. The summed E-state index contributed by atoms with van der Waals surface area (Å²) < 4.78 is 3.66. The molecular weight excluding hydrogens is 278 g/mol. The fourth-order valence-electron chi connectivity index (χ4n) is 3.04. The van der Waals surface area contributed by atoms with E-state index in [1.807, 2.05) is 36.2 Å². The average molecular weight is 297 g/mol. The second kappa shape index (κ2) is 5.10. The molecule has 114 valence electrons. The average Bonchev–Trinajstić information content (AvgIpc) is 3.14. The molecule has 0 saturated carbocycles. The minimum absolute atomic E-state index is 0.209. The highest BCUT2D eigenvalue weighted by atomic mass is 15.3. The van der Waals surface area contributed by atoms with Gasteiger partial charge in [-0.1, -0.05) is 0 Å². The zero-order valence-electron chi connectivity index (χ0n) is 12.6. The first kappa shape index (κ1) is 13.3. The van der Waals surface area contributed by atoms with Crippen molar-refractivity contribution < 1.29 is 0 Å². The van der Waals surface area contributed by atoms with Gasteiger partial charge in [-0.05, 0) is 18.9 Å². The van der Waals surface area contributed by atoms with Gasteiger partial charge in [-0.3, -0.25) is 4.68 Å². The molecule has 22 heavy (non-hydrogen) atoms. The summed E-state index contributed by atoms with van der Waals surface area (Å²) >= 11 is 0. The third kappa shape index (κ3) is 2.23. The zero-order chi connectivity index (χ0) is 15.1. The molecule has 1 saturated heterocycles. The van der Waals surface area contributed by atoms with Crippen LogP contribution in [-0.2, 0) is 7.05 Å². The first-order valence-corrected chi connectivity index (χ1v) is 7.54. The largest absolute Gasteiger partial charge is 0.353 e. The molecule has 3 aromatic heterocycles. The van der Waals surface area contributed by atoms with E-state index < -0.39 is 0 Å². The van der Waals surface area contributed by atoms with Crippen molar-refractivity contribution in [2.24, 2.45) is 12.8 Å². The number of fused-ring (bicyclic) bond motifs is 1. The number of hydrogen-bond acceptors (Lipinski definition) is 5. The van der Waals surface area contributed by atoms with Crippen LogP contribution in [0.15, 0.2) is 30.9 Å². The number of aryl methyl sites for hydroxylation is 1. The molecule has 4 heterocycles. The van der Waals surface area contributed by atoms with Gasteiger partial charge < -0.3 is 10.6 Å². The van der Waals surface area contributed by atoms with Crippen molar-refractivity contribution in [2.75, 3.05) is 18.0 Å². The van der Waals surface area contributed by atoms with E-state index in [4.69, 9.17) is 10.7 Å².